The summed E-state index contributed by atoms with van der Waals surface area (Å²) in [5.41, 5.74) is 1.99. The van der Waals surface area contributed by atoms with Crippen LogP contribution in [0.5, 0.6) is 0 Å². The van der Waals surface area contributed by atoms with Gasteiger partial charge in [-0.15, -0.1) is 0 Å². The molecule has 1 amide bonds. The van der Waals surface area contributed by atoms with E-state index in [4.69, 9.17) is 5.14 Å². The van der Waals surface area contributed by atoms with E-state index in [0.29, 0.717) is 24.1 Å². The molecule has 0 unspecified atom stereocenters. The van der Waals surface area contributed by atoms with Crippen LogP contribution in [0.3, 0.4) is 0 Å². The number of carbonyl (C=O) groups is 1. The summed E-state index contributed by atoms with van der Waals surface area (Å²) in [6.07, 6.45) is 9.51. The van der Waals surface area contributed by atoms with Gasteiger partial charge in [-0.1, -0.05) is 50.6 Å². The van der Waals surface area contributed by atoms with E-state index in [0.717, 1.165) is 5.57 Å². The Bertz CT molecular complexity index is 786. The second kappa shape index (κ2) is 9.00. The molecule has 0 radical (unpaired) electrons. The van der Waals surface area contributed by atoms with E-state index < -0.39 is 10.3 Å². The molecule has 0 spiro atoms. The molecule has 0 saturated carbocycles. The van der Waals surface area contributed by atoms with Gasteiger partial charge in [-0.05, 0) is 29.7 Å². The van der Waals surface area contributed by atoms with Crippen LogP contribution in [0, 0.1) is 0 Å². The molecule has 0 aromatic heterocycles. The third-order valence-electron chi connectivity index (χ3n) is 3.45. The zero-order valence-electron chi connectivity index (χ0n) is 14.0. The van der Waals surface area contributed by atoms with Gasteiger partial charge in [0.25, 0.3) is 5.91 Å². The van der Waals surface area contributed by atoms with Crippen molar-refractivity contribution in [3.05, 3.63) is 85.3 Å². The molecule has 1 heterocycles. The highest BCUT2D eigenvalue weighted by molar-refractivity contribution is 7.84. The van der Waals surface area contributed by atoms with Crippen molar-refractivity contribution >= 4 is 16.2 Å². The first-order chi connectivity index (χ1) is 11.8. The second-order valence-electron chi connectivity index (χ2n) is 5.12. The van der Waals surface area contributed by atoms with Crippen molar-refractivity contribution in [2.45, 2.75) is 6.42 Å². The maximum Gasteiger partial charge on any atom is 0.380 e. The quantitative estimate of drug-likeness (QED) is 0.407. The third-order valence-corrected chi connectivity index (χ3v) is 3.88. The van der Waals surface area contributed by atoms with Crippen molar-refractivity contribution < 1.29 is 17.4 Å². The zero-order valence-corrected chi connectivity index (χ0v) is 14.8. The summed E-state index contributed by atoms with van der Waals surface area (Å²) in [4.78, 5) is 14.2. The second-order valence-corrected chi connectivity index (χ2v) is 6.27. The minimum absolute atomic E-state index is 0.0308. The van der Waals surface area contributed by atoms with Crippen LogP contribution in [0.4, 0.5) is 0 Å². The molecule has 25 heavy (non-hydrogen) atoms. The maximum atomic E-state index is 12.5. The third kappa shape index (κ3) is 6.06. The Balaban J connectivity index is 3.17. The average Bonchev–Trinajstić information content (AvgIpc) is 2.57. The Kier molecular flexibility index (Phi) is 7.35. The van der Waals surface area contributed by atoms with E-state index in [1.165, 1.54) is 24.3 Å². The lowest BCUT2D eigenvalue weighted by Crippen LogP contribution is -2.37. The molecular weight excluding hydrogens is 340 g/mol. The van der Waals surface area contributed by atoms with Crippen molar-refractivity contribution in [3.8, 4) is 0 Å². The first-order valence-electron chi connectivity index (χ1n) is 7.41. The number of hydrogen-bond acceptors (Lipinski definition) is 4. The summed E-state index contributed by atoms with van der Waals surface area (Å²) >= 11 is 0. The van der Waals surface area contributed by atoms with Crippen molar-refractivity contribution in [2.24, 2.45) is 5.14 Å². The van der Waals surface area contributed by atoms with E-state index in [9.17, 15) is 13.2 Å². The van der Waals surface area contributed by atoms with Crippen LogP contribution in [0.15, 0.2) is 85.3 Å². The van der Waals surface area contributed by atoms with Gasteiger partial charge in [0.1, 0.15) is 5.76 Å². The maximum absolute atomic E-state index is 12.5. The highest BCUT2D eigenvalue weighted by Crippen LogP contribution is 2.23. The van der Waals surface area contributed by atoms with Crippen LogP contribution in [-0.2, 0) is 19.3 Å². The van der Waals surface area contributed by atoms with Gasteiger partial charge in [-0.2, -0.15) is 13.6 Å². The van der Waals surface area contributed by atoms with E-state index in [2.05, 4.69) is 30.5 Å². The predicted molar refractivity (Wildman–Crippen MR) is 99.4 cm³/mol. The largest absolute Gasteiger partial charge is 0.380 e. The first-order valence-corrected chi connectivity index (χ1v) is 8.88. The van der Waals surface area contributed by atoms with E-state index in [1.54, 1.807) is 17.1 Å². The highest BCUT2D eigenvalue weighted by atomic mass is 32.2. The molecule has 0 atom stereocenters. The van der Waals surface area contributed by atoms with Gasteiger partial charge in [0.15, 0.2) is 0 Å². The van der Waals surface area contributed by atoms with Crippen LogP contribution in [0.1, 0.15) is 6.42 Å². The molecule has 0 bridgehead atoms. The Morgan fingerprint density at radius 1 is 1.16 bits per heavy atom. The molecular formula is C18H22N2O4S. The SMILES string of the molecule is C=C/C=C(\C=C)C(=O)N1CCC(C=C)=C(/C=C(\C=C)OS(N)(=O)=O)C1. The van der Waals surface area contributed by atoms with Gasteiger partial charge in [0.05, 0.1) is 0 Å². The van der Waals surface area contributed by atoms with Crippen molar-refractivity contribution in [1.29, 1.82) is 0 Å². The number of nitrogens with two attached hydrogens (primary N) is 1. The molecule has 1 aliphatic heterocycles. The lowest BCUT2D eigenvalue weighted by Gasteiger charge is -2.29. The summed E-state index contributed by atoms with van der Waals surface area (Å²) in [7, 11) is -4.17. The molecule has 134 valence electrons. The number of carbonyl (C=O) groups excluding carboxylic acids is 1. The monoisotopic (exact) mass is 362 g/mol. The zero-order chi connectivity index (χ0) is 19.0. The number of allylic oxidation sites excluding steroid dienone is 4. The van der Waals surface area contributed by atoms with Gasteiger partial charge in [-0.3, -0.25) is 4.79 Å². The highest BCUT2D eigenvalue weighted by Gasteiger charge is 2.22. The van der Waals surface area contributed by atoms with Crippen LogP contribution in [-0.4, -0.2) is 32.3 Å². The normalized spacial score (nSPS) is 16.3. The Labute approximate surface area is 148 Å². The van der Waals surface area contributed by atoms with E-state index in [-0.39, 0.29) is 18.2 Å². The standard InChI is InChI=1S/C18H22N2O4S/c1-5-9-15(7-3)18(21)20-11-10-14(6-2)16(13-20)12-17(8-4)24-25(19,22)23/h5-9,12H,1-4,10-11,13H2,(H2,19,22,23)/b15-9+,17-12+. The van der Waals surface area contributed by atoms with Gasteiger partial charge in [0.2, 0.25) is 0 Å². The minimum atomic E-state index is -4.17. The topological polar surface area (TPSA) is 89.7 Å². The summed E-state index contributed by atoms with van der Waals surface area (Å²) in [5, 5.41) is 4.88. The van der Waals surface area contributed by atoms with Crippen molar-refractivity contribution in [3.63, 3.8) is 0 Å². The van der Waals surface area contributed by atoms with Crippen LogP contribution < -0.4 is 5.14 Å². The smallest absolute Gasteiger partial charge is 0.371 e. The fourth-order valence-corrected chi connectivity index (χ4v) is 2.69. The molecule has 0 aromatic rings. The van der Waals surface area contributed by atoms with Gasteiger partial charge >= 0.3 is 10.3 Å². The van der Waals surface area contributed by atoms with Crippen molar-refractivity contribution in [1.82, 2.24) is 4.90 Å². The molecule has 2 N–H and O–H groups in total. The lowest BCUT2D eigenvalue weighted by molar-refractivity contribution is -0.126. The molecule has 0 aromatic carbocycles. The molecule has 1 rings (SSSR count). The average molecular weight is 362 g/mol. The van der Waals surface area contributed by atoms with E-state index >= 15 is 0 Å². The van der Waals surface area contributed by atoms with Crippen LogP contribution >= 0.6 is 0 Å². The summed E-state index contributed by atoms with van der Waals surface area (Å²) in [6.45, 7) is 15.2. The summed E-state index contributed by atoms with van der Waals surface area (Å²) in [5.74, 6) is -0.229. The van der Waals surface area contributed by atoms with Gasteiger partial charge in [-0.25, -0.2) is 0 Å². The Hall–Kier alpha value is -2.64. The predicted octanol–water partition coefficient (Wildman–Crippen LogP) is 2.29. The lowest BCUT2D eigenvalue weighted by atomic mass is 9.98. The Morgan fingerprint density at radius 2 is 1.84 bits per heavy atom. The number of hydrogen-bond donors (Lipinski definition) is 1. The molecule has 0 saturated heterocycles. The summed E-state index contributed by atoms with van der Waals surface area (Å²) < 4.78 is 26.9. The Morgan fingerprint density at radius 3 is 2.32 bits per heavy atom. The van der Waals surface area contributed by atoms with Crippen molar-refractivity contribution in [2.75, 3.05) is 13.1 Å². The molecule has 1 aliphatic rings. The van der Waals surface area contributed by atoms with Gasteiger partial charge in [0, 0.05) is 18.7 Å². The number of rotatable bonds is 8. The first kappa shape index (κ1) is 20.4. The van der Waals surface area contributed by atoms with E-state index in [1.807, 2.05) is 0 Å². The molecule has 0 aliphatic carbocycles. The summed E-state index contributed by atoms with van der Waals surface area (Å²) in [6, 6.07) is 0. The number of amides is 1. The fourth-order valence-electron chi connectivity index (χ4n) is 2.31. The molecule has 6 nitrogen and oxygen atoms in total. The fraction of sp³-hybridized carbons (Fsp3) is 0.167. The number of nitrogens with zero attached hydrogens (tertiary/aromatic N) is 1. The van der Waals surface area contributed by atoms with Gasteiger partial charge < -0.3 is 9.08 Å². The minimum Gasteiger partial charge on any atom is -0.371 e. The van der Waals surface area contributed by atoms with Crippen LogP contribution in [0.2, 0.25) is 0 Å². The van der Waals surface area contributed by atoms with Crippen LogP contribution in [0.25, 0.3) is 0 Å². The molecule has 0 fully saturated rings. The molecule has 7 heteroatoms.